The van der Waals surface area contributed by atoms with Crippen molar-refractivity contribution in [3.63, 3.8) is 0 Å². The predicted molar refractivity (Wildman–Crippen MR) is 129 cm³/mol. The summed E-state index contributed by atoms with van der Waals surface area (Å²) in [6.45, 7) is 5.85. The third-order valence-corrected chi connectivity index (χ3v) is 5.37. The van der Waals surface area contributed by atoms with Crippen molar-refractivity contribution in [3.8, 4) is 22.6 Å². The molecular formula is C26H40N2O2. The topological polar surface area (TPSA) is 70.5 Å². The molecule has 0 aliphatic rings. The van der Waals surface area contributed by atoms with Crippen molar-refractivity contribution >= 4 is 11.4 Å². The fourth-order valence-corrected chi connectivity index (χ4v) is 3.45. The monoisotopic (exact) mass is 412 g/mol. The van der Waals surface area contributed by atoms with Gasteiger partial charge in [-0.25, -0.2) is 0 Å². The molecule has 4 nitrogen and oxygen atoms in total. The highest BCUT2D eigenvalue weighted by Crippen LogP contribution is 2.33. The van der Waals surface area contributed by atoms with E-state index in [2.05, 4.69) is 13.8 Å². The Morgan fingerprint density at radius 2 is 0.967 bits per heavy atom. The number of anilines is 2. The molecule has 0 unspecified atom stereocenters. The van der Waals surface area contributed by atoms with Crippen molar-refractivity contribution in [2.45, 2.75) is 78.1 Å². The number of hydrogen-bond donors (Lipinski definition) is 2. The third kappa shape index (κ3) is 8.17. The summed E-state index contributed by atoms with van der Waals surface area (Å²) in [5, 5.41) is 0. The van der Waals surface area contributed by atoms with E-state index in [9.17, 15) is 0 Å². The largest absolute Gasteiger partial charge is 0.491 e. The standard InChI is InChI=1S/C26H40N2O2/c1-3-5-7-9-11-17-29-25-19-21(13-15-23(25)27)22-14-16-24(28)26(20-22)30-18-12-10-8-6-4-2/h13-16,19-20H,3-12,17-18,27-28H2,1-2H3. The predicted octanol–water partition coefficient (Wildman–Crippen LogP) is 7.22. The molecular weight excluding hydrogens is 372 g/mol. The van der Waals surface area contributed by atoms with Crippen LogP contribution in [0.3, 0.4) is 0 Å². The van der Waals surface area contributed by atoms with Gasteiger partial charge >= 0.3 is 0 Å². The van der Waals surface area contributed by atoms with E-state index in [4.69, 9.17) is 20.9 Å². The smallest absolute Gasteiger partial charge is 0.142 e. The Morgan fingerprint density at radius 3 is 1.37 bits per heavy atom. The number of nitrogen functional groups attached to an aromatic ring is 2. The van der Waals surface area contributed by atoms with Crippen molar-refractivity contribution in [2.75, 3.05) is 24.7 Å². The van der Waals surface area contributed by atoms with Crippen LogP contribution in [0.15, 0.2) is 36.4 Å². The highest BCUT2D eigenvalue weighted by Gasteiger charge is 2.08. The molecule has 0 fully saturated rings. The first-order chi connectivity index (χ1) is 14.7. The molecule has 0 saturated carbocycles. The molecule has 166 valence electrons. The minimum Gasteiger partial charge on any atom is -0.491 e. The molecule has 0 aliphatic carbocycles. The van der Waals surface area contributed by atoms with Crippen LogP contribution in [-0.4, -0.2) is 13.2 Å². The van der Waals surface area contributed by atoms with Crippen LogP contribution in [0.4, 0.5) is 11.4 Å². The summed E-state index contributed by atoms with van der Waals surface area (Å²) in [6.07, 6.45) is 12.1. The highest BCUT2D eigenvalue weighted by molar-refractivity contribution is 5.73. The second kappa shape index (κ2) is 13.8. The third-order valence-electron chi connectivity index (χ3n) is 5.37. The average Bonchev–Trinajstić information content (AvgIpc) is 2.75. The Bertz CT molecular complexity index is 682. The molecule has 2 aromatic rings. The fourth-order valence-electron chi connectivity index (χ4n) is 3.45. The van der Waals surface area contributed by atoms with Crippen LogP contribution in [0.5, 0.6) is 11.5 Å². The van der Waals surface area contributed by atoms with Crippen LogP contribution in [0.2, 0.25) is 0 Å². The van der Waals surface area contributed by atoms with Crippen molar-refractivity contribution in [1.29, 1.82) is 0 Å². The van der Waals surface area contributed by atoms with Gasteiger partial charge in [0.2, 0.25) is 0 Å². The van der Waals surface area contributed by atoms with Crippen LogP contribution >= 0.6 is 0 Å². The molecule has 0 aromatic heterocycles. The van der Waals surface area contributed by atoms with Gasteiger partial charge in [0.15, 0.2) is 0 Å². The summed E-state index contributed by atoms with van der Waals surface area (Å²) in [5.41, 5.74) is 15.7. The normalized spacial score (nSPS) is 10.9. The quantitative estimate of drug-likeness (QED) is 0.239. The van der Waals surface area contributed by atoms with Gasteiger partial charge in [0, 0.05) is 0 Å². The summed E-state index contributed by atoms with van der Waals surface area (Å²) >= 11 is 0. The molecule has 4 N–H and O–H groups in total. The van der Waals surface area contributed by atoms with Gasteiger partial charge in [-0.2, -0.15) is 0 Å². The Morgan fingerprint density at radius 1 is 0.567 bits per heavy atom. The van der Waals surface area contributed by atoms with E-state index in [0.717, 1.165) is 35.5 Å². The van der Waals surface area contributed by atoms with E-state index in [1.807, 2.05) is 36.4 Å². The molecule has 0 amide bonds. The van der Waals surface area contributed by atoms with E-state index in [1.165, 1.54) is 51.4 Å². The molecule has 0 spiro atoms. The molecule has 30 heavy (non-hydrogen) atoms. The van der Waals surface area contributed by atoms with Crippen molar-refractivity contribution in [3.05, 3.63) is 36.4 Å². The lowest BCUT2D eigenvalue weighted by Gasteiger charge is -2.13. The van der Waals surface area contributed by atoms with Gasteiger partial charge < -0.3 is 20.9 Å². The maximum absolute atomic E-state index is 6.13. The van der Waals surface area contributed by atoms with Gasteiger partial charge in [-0.15, -0.1) is 0 Å². The fraction of sp³-hybridized carbons (Fsp3) is 0.538. The lowest BCUT2D eigenvalue weighted by Crippen LogP contribution is -2.02. The summed E-state index contributed by atoms with van der Waals surface area (Å²) in [7, 11) is 0. The molecule has 2 aromatic carbocycles. The molecule has 0 heterocycles. The van der Waals surface area contributed by atoms with Gasteiger partial charge in [-0.1, -0.05) is 77.3 Å². The first-order valence-corrected chi connectivity index (χ1v) is 11.7. The van der Waals surface area contributed by atoms with E-state index < -0.39 is 0 Å². The number of hydrogen-bond acceptors (Lipinski definition) is 4. The van der Waals surface area contributed by atoms with Crippen LogP contribution in [-0.2, 0) is 0 Å². The zero-order valence-electron chi connectivity index (χ0n) is 18.9. The van der Waals surface area contributed by atoms with E-state index in [1.54, 1.807) is 0 Å². The van der Waals surface area contributed by atoms with Gasteiger partial charge in [0.1, 0.15) is 11.5 Å². The lowest BCUT2D eigenvalue weighted by atomic mass is 10.0. The molecule has 2 rings (SSSR count). The molecule has 0 saturated heterocycles. The SMILES string of the molecule is CCCCCCCOc1cc(-c2ccc(N)c(OCCCCCCC)c2)ccc1N. The minimum absolute atomic E-state index is 0.673. The Labute approximate surface area is 183 Å². The van der Waals surface area contributed by atoms with Crippen molar-refractivity contribution in [1.82, 2.24) is 0 Å². The van der Waals surface area contributed by atoms with Crippen molar-refractivity contribution in [2.24, 2.45) is 0 Å². The number of ether oxygens (including phenoxy) is 2. The molecule has 0 bridgehead atoms. The second-order valence-electron chi connectivity index (χ2n) is 8.03. The first kappa shape index (κ1) is 23.9. The Balaban J connectivity index is 1.95. The Hall–Kier alpha value is -2.36. The summed E-state index contributed by atoms with van der Waals surface area (Å²) < 4.78 is 11.9. The molecule has 0 radical (unpaired) electrons. The van der Waals surface area contributed by atoms with Crippen LogP contribution in [0.1, 0.15) is 78.1 Å². The van der Waals surface area contributed by atoms with E-state index >= 15 is 0 Å². The highest BCUT2D eigenvalue weighted by atomic mass is 16.5. The maximum Gasteiger partial charge on any atom is 0.142 e. The first-order valence-electron chi connectivity index (χ1n) is 11.7. The van der Waals surface area contributed by atoms with Gasteiger partial charge in [0.05, 0.1) is 24.6 Å². The van der Waals surface area contributed by atoms with Crippen LogP contribution in [0, 0.1) is 0 Å². The summed E-state index contributed by atoms with van der Waals surface area (Å²) in [6, 6.07) is 11.9. The second-order valence-corrected chi connectivity index (χ2v) is 8.03. The summed E-state index contributed by atoms with van der Waals surface area (Å²) in [4.78, 5) is 0. The van der Waals surface area contributed by atoms with Gasteiger partial charge in [0.25, 0.3) is 0 Å². The molecule has 0 aliphatic heterocycles. The van der Waals surface area contributed by atoms with Gasteiger partial charge in [-0.3, -0.25) is 0 Å². The Kier molecular flexibility index (Phi) is 11.0. The zero-order valence-corrected chi connectivity index (χ0v) is 18.9. The number of rotatable bonds is 15. The van der Waals surface area contributed by atoms with Crippen LogP contribution < -0.4 is 20.9 Å². The van der Waals surface area contributed by atoms with E-state index in [-0.39, 0.29) is 0 Å². The number of nitrogens with two attached hydrogens (primary N) is 2. The number of unbranched alkanes of at least 4 members (excludes halogenated alkanes) is 8. The van der Waals surface area contributed by atoms with E-state index in [0.29, 0.717) is 24.6 Å². The molecule has 4 heteroatoms. The molecule has 0 atom stereocenters. The zero-order chi connectivity index (χ0) is 21.6. The maximum atomic E-state index is 6.13. The van der Waals surface area contributed by atoms with Crippen molar-refractivity contribution < 1.29 is 9.47 Å². The minimum atomic E-state index is 0.673. The average molecular weight is 413 g/mol. The lowest BCUT2D eigenvalue weighted by molar-refractivity contribution is 0.305. The van der Waals surface area contributed by atoms with Crippen LogP contribution in [0.25, 0.3) is 11.1 Å². The summed E-state index contributed by atoms with van der Waals surface area (Å²) in [5.74, 6) is 1.50. The number of benzene rings is 2. The van der Waals surface area contributed by atoms with Gasteiger partial charge in [-0.05, 0) is 48.2 Å².